The summed E-state index contributed by atoms with van der Waals surface area (Å²) in [5.41, 5.74) is 0.700. The Balaban J connectivity index is 2.00. The first-order valence-electron chi connectivity index (χ1n) is 7.28. The van der Waals surface area contributed by atoms with Gasteiger partial charge < -0.3 is 9.15 Å². The van der Waals surface area contributed by atoms with E-state index in [9.17, 15) is 4.79 Å². The van der Waals surface area contributed by atoms with Crippen molar-refractivity contribution in [3.05, 3.63) is 60.4 Å². The predicted molar refractivity (Wildman–Crippen MR) is 87.2 cm³/mol. The lowest BCUT2D eigenvalue weighted by molar-refractivity contribution is 0.0492. The number of carbonyl (C=O) groups excluding carboxylic acids is 1. The summed E-state index contributed by atoms with van der Waals surface area (Å²) in [5.74, 6) is -0.176. The van der Waals surface area contributed by atoms with Crippen molar-refractivity contribution in [2.24, 2.45) is 0 Å². The molecule has 0 radical (unpaired) electrons. The van der Waals surface area contributed by atoms with Crippen LogP contribution in [0, 0.1) is 0 Å². The highest BCUT2D eigenvalue weighted by Gasteiger charge is 2.15. The lowest BCUT2D eigenvalue weighted by Crippen LogP contribution is -2.02. The number of fused-ring (bicyclic) bond motifs is 4. The standard InChI is InChI=1S/C19H14O3/c1-2-21-19(20)18-11-16-15-10-13-6-4-3-5-12(13)9-14(15)7-8-17(16)22-18/h3-11H,2H2,1H3. The molecule has 0 saturated heterocycles. The van der Waals surface area contributed by atoms with Gasteiger partial charge in [0.2, 0.25) is 5.76 Å². The fourth-order valence-corrected chi connectivity index (χ4v) is 2.84. The van der Waals surface area contributed by atoms with Gasteiger partial charge in [0.15, 0.2) is 0 Å². The molecule has 0 saturated carbocycles. The van der Waals surface area contributed by atoms with Crippen molar-refractivity contribution in [2.75, 3.05) is 6.61 Å². The minimum atomic E-state index is -0.423. The Morgan fingerprint density at radius 1 is 0.955 bits per heavy atom. The van der Waals surface area contributed by atoms with E-state index in [0.717, 1.165) is 16.2 Å². The molecule has 0 amide bonds. The first-order valence-corrected chi connectivity index (χ1v) is 7.28. The largest absolute Gasteiger partial charge is 0.460 e. The van der Waals surface area contributed by atoms with Crippen molar-refractivity contribution in [3.8, 4) is 0 Å². The molecule has 3 aromatic carbocycles. The summed E-state index contributed by atoms with van der Waals surface area (Å²) in [7, 11) is 0. The first kappa shape index (κ1) is 12.9. The zero-order valence-electron chi connectivity index (χ0n) is 12.1. The molecule has 0 aliphatic heterocycles. The molecular formula is C19H14O3. The van der Waals surface area contributed by atoms with Crippen molar-refractivity contribution >= 4 is 38.5 Å². The predicted octanol–water partition coefficient (Wildman–Crippen LogP) is 4.92. The Bertz CT molecular complexity index is 1010. The van der Waals surface area contributed by atoms with Gasteiger partial charge in [0.1, 0.15) is 5.58 Å². The van der Waals surface area contributed by atoms with Crippen LogP contribution in [-0.2, 0) is 4.74 Å². The smallest absolute Gasteiger partial charge is 0.374 e. The van der Waals surface area contributed by atoms with Crippen LogP contribution in [-0.4, -0.2) is 12.6 Å². The number of benzene rings is 3. The number of ether oxygens (including phenoxy) is 1. The van der Waals surface area contributed by atoms with Crippen LogP contribution < -0.4 is 0 Å². The zero-order valence-corrected chi connectivity index (χ0v) is 12.1. The zero-order chi connectivity index (χ0) is 15.1. The highest BCUT2D eigenvalue weighted by molar-refractivity contribution is 6.12. The molecule has 0 fully saturated rings. The van der Waals surface area contributed by atoms with Crippen LogP contribution in [0.2, 0.25) is 0 Å². The van der Waals surface area contributed by atoms with Crippen molar-refractivity contribution < 1.29 is 13.9 Å². The van der Waals surface area contributed by atoms with Crippen LogP contribution >= 0.6 is 0 Å². The summed E-state index contributed by atoms with van der Waals surface area (Å²) in [6.45, 7) is 2.11. The number of hydrogen-bond acceptors (Lipinski definition) is 3. The summed E-state index contributed by atoms with van der Waals surface area (Å²) in [6.07, 6.45) is 0. The van der Waals surface area contributed by atoms with E-state index in [0.29, 0.717) is 12.2 Å². The number of esters is 1. The van der Waals surface area contributed by atoms with Gasteiger partial charge in [-0.2, -0.15) is 0 Å². The molecule has 0 aliphatic carbocycles. The molecule has 4 aromatic rings. The summed E-state index contributed by atoms with van der Waals surface area (Å²) in [6, 6.07) is 18.2. The second kappa shape index (κ2) is 4.88. The van der Waals surface area contributed by atoms with E-state index in [4.69, 9.17) is 9.15 Å². The van der Waals surface area contributed by atoms with Gasteiger partial charge in [0, 0.05) is 5.39 Å². The number of furan rings is 1. The molecule has 0 unspecified atom stereocenters. The first-order chi connectivity index (χ1) is 10.8. The van der Waals surface area contributed by atoms with Crippen LogP contribution in [0.1, 0.15) is 17.5 Å². The molecule has 0 spiro atoms. The highest BCUT2D eigenvalue weighted by Crippen LogP contribution is 2.31. The average molecular weight is 290 g/mol. The Kier molecular flexibility index (Phi) is 2.86. The second-order valence-electron chi connectivity index (χ2n) is 5.23. The van der Waals surface area contributed by atoms with Gasteiger partial charge in [-0.25, -0.2) is 4.79 Å². The van der Waals surface area contributed by atoms with Crippen LogP contribution in [0.15, 0.2) is 59.0 Å². The van der Waals surface area contributed by atoms with E-state index in [1.54, 1.807) is 13.0 Å². The van der Waals surface area contributed by atoms with Crippen molar-refractivity contribution in [1.82, 2.24) is 0 Å². The third kappa shape index (κ3) is 1.94. The molecule has 0 N–H and O–H groups in total. The summed E-state index contributed by atoms with van der Waals surface area (Å²) in [4.78, 5) is 11.8. The summed E-state index contributed by atoms with van der Waals surface area (Å²) < 4.78 is 10.6. The SMILES string of the molecule is CCOC(=O)c1cc2c(ccc3cc4ccccc4cc32)o1. The van der Waals surface area contributed by atoms with Gasteiger partial charge in [-0.05, 0) is 52.7 Å². The topological polar surface area (TPSA) is 39.4 Å². The van der Waals surface area contributed by atoms with Gasteiger partial charge >= 0.3 is 5.97 Å². The van der Waals surface area contributed by atoms with Crippen molar-refractivity contribution in [2.45, 2.75) is 6.92 Å². The number of hydrogen-bond donors (Lipinski definition) is 0. The monoisotopic (exact) mass is 290 g/mol. The van der Waals surface area contributed by atoms with E-state index < -0.39 is 5.97 Å². The van der Waals surface area contributed by atoms with Crippen LogP contribution in [0.25, 0.3) is 32.5 Å². The van der Waals surface area contributed by atoms with Gasteiger partial charge in [-0.15, -0.1) is 0 Å². The average Bonchev–Trinajstić information content (AvgIpc) is 2.98. The van der Waals surface area contributed by atoms with Crippen LogP contribution in [0.3, 0.4) is 0 Å². The van der Waals surface area contributed by atoms with E-state index in [1.165, 1.54) is 10.8 Å². The molecule has 0 atom stereocenters. The molecule has 0 bridgehead atoms. The molecule has 3 nitrogen and oxygen atoms in total. The molecular weight excluding hydrogens is 276 g/mol. The second-order valence-corrected chi connectivity index (χ2v) is 5.23. The third-order valence-corrected chi connectivity index (χ3v) is 3.86. The molecule has 0 aliphatic rings. The van der Waals surface area contributed by atoms with Gasteiger partial charge in [-0.1, -0.05) is 30.3 Å². The normalized spacial score (nSPS) is 11.3. The molecule has 3 heteroatoms. The van der Waals surface area contributed by atoms with Crippen molar-refractivity contribution in [3.63, 3.8) is 0 Å². The summed E-state index contributed by atoms with van der Waals surface area (Å²) >= 11 is 0. The fraction of sp³-hybridized carbons (Fsp3) is 0.105. The lowest BCUT2D eigenvalue weighted by atomic mass is 10.0. The van der Waals surface area contributed by atoms with E-state index in [-0.39, 0.29) is 5.76 Å². The fourth-order valence-electron chi connectivity index (χ4n) is 2.84. The van der Waals surface area contributed by atoms with Gasteiger partial charge in [-0.3, -0.25) is 0 Å². The number of carbonyl (C=O) groups is 1. The Morgan fingerprint density at radius 3 is 2.50 bits per heavy atom. The maximum absolute atomic E-state index is 11.8. The number of rotatable bonds is 2. The third-order valence-electron chi connectivity index (χ3n) is 3.86. The Morgan fingerprint density at radius 2 is 1.73 bits per heavy atom. The van der Waals surface area contributed by atoms with Crippen LogP contribution in [0.5, 0.6) is 0 Å². The Hall–Kier alpha value is -2.81. The van der Waals surface area contributed by atoms with E-state index in [2.05, 4.69) is 24.3 Å². The Labute approximate surface area is 127 Å². The molecule has 4 rings (SSSR count). The minimum absolute atomic E-state index is 0.248. The van der Waals surface area contributed by atoms with Crippen molar-refractivity contribution in [1.29, 1.82) is 0 Å². The lowest BCUT2D eigenvalue weighted by Gasteiger charge is -2.02. The summed E-state index contributed by atoms with van der Waals surface area (Å²) in [5, 5.41) is 5.51. The van der Waals surface area contributed by atoms with Gasteiger partial charge in [0.25, 0.3) is 0 Å². The molecule has 22 heavy (non-hydrogen) atoms. The van der Waals surface area contributed by atoms with E-state index in [1.807, 2.05) is 24.3 Å². The van der Waals surface area contributed by atoms with Crippen LogP contribution in [0.4, 0.5) is 0 Å². The quantitative estimate of drug-likeness (QED) is 0.389. The molecule has 108 valence electrons. The van der Waals surface area contributed by atoms with E-state index >= 15 is 0 Å². The molecule has 1 aromatic heterocycles. The highest BCUT2D eigenvalue weighted by atomic mass is 16.5. The maximum atomic E-state index is 11.8. The minimum Gasteiger partial charge on any atom is -0.460 e. The van der Waals surface area contributed by atoms with Gasteiger partial charge in [0.05, 0.1) is 6.61 Å². The maximum Gasteiger partial charge on any atom is 0.374 e. The molecule has 1 heterocycles.